The summed E-state index contributed by atoms with van der Waals surface area (Å²) in [5, 5.41) is 10.9. The maximum absolute atomic E-state index is 13.3. The minimum Gasteiger partial charge on any atom is -0.353 e. The van der Waals surface area contributed by atoms with Gasteiger partial charge in [0.1, 0.15) is 0 Å². The summed E-state index contributed by atoms with van der Waals surface area (Å²) >= 11 is 12.1. The molecule has 2 aliphatic heterocycles. The topological polar surface area (TPSA) is 113 Å². The Balaban J connectivity index is 1.15. The molecule has 9 nitrogen and oxygen atoms in total. The quantitative estimate of drug-likeness (QED) is 0.475. The number of likely N-dealkylation sites (tertiary alicyclic amines) is 1. The molecular formula is C26H25Cl2N5O4S. The van der Waals surface area contributed by atoms with E-state index in [1.54, 1.807) is 41.4 Å². The molecule has 3 heterocycles. The molecule has 0 aliphatic carbocycles. The zero-order valence-electron chi connectivity index (χ0n) is 20.3. The second kappa shape index (κ2) is 10.9. The van der Waals surface area contributed by atoms with E-state index in [0.717, 1.165) is 5.82 Å². The number of carbonyl (C=O) groups is 2. The smallest absolute Gasteiger partial charge is 0.255 e. The average Bonchev–Trinajstić information content (AvgIpc) is 2.88. The number of amides is 2. The minimum atomic E-state index is -3.60. The van der Waals surface area contributed by atoms with E-state index in [-0.39, 0.29) is 27.7 Å². The van der Waals surface area contributed by atoms with Gasteiger partial charge in [-0.3, -0.25) is 9.59 Å². The third-order valence-corrected chi connectivity index (χ3v) is 9.74. The van der Waals surface area contributed by atoms with Crippen LogP contribution in [0.2, 0.25) is 10.0 Å². The van der Waals surface area contributed by atoms with E-state index in [4.69, 9.17) is 23.2 Å². The summed E-state index contributed by atoms with van der Waals surface area (Å²) in [7, 11) is -3.60. The van der Waals surface area contributed by atoms with E-state index >= 15 is 0 Å². The predicted molar refractivity (Wildman–Crippen MR) is 145 cm³/mol. The molecule has 0 unspecified atom stereocenters. The van der Waals surface area contributed by atoms with Crippen molar-refractivity contribution in [1.29, 1.82) is 0 Å². The number of nitrogens with zero attached hydrogens (tertiary/aromatic N) is 4. The molecule has 2 aromatic carbocycles. The van der Waals surface area contributed by atoms with Gasteiger partial charge >= 0.3 is 0 Å². The van der Waals surface area contributed by atoms with E-state index in [1.165, 1.54) is 18.2 Å². The van der Waals surface area contributed by atoms with Crippen LogP contribution in [0.15, 0.2) is 65.7 Å². The van der Waals surface area contributed by atoms with Crippen molar-refractivity contribution in [3.05, 3.63) is 76.4 Å². The van der Waals surface area contributed by atoms with Crippen molar-refractivity contribution >= 4 is 56.4 Å². The van der Waals surface area contributed by atoms with Gasteiger partial charge in [0, 0.05) is 43.1 Å². The third kappa shape index (κ3) is 5.48. The number of halogens is 2. The summed E-state index contributed by atoms with van der Waals surface area (Å²) in [6.45, 7) is 1.70. The van der Waals surface area contributed by atoms with Gasteiger partial charge in [-0.25, -0.2) is 8.42 Å². The maximum Gasteiger partial charge on any atom is 0.255 e. The van der Waals surface area contributed by atoms with Gasteiger partial charge in [0.2, 0.25) is 5.91 Å². The van der Waals surface area contributed by atoms with E-state index in [1.807, 2.05) is 11.0 Å². The zero-order valence-corrected chi connectivity index (χ0v) is 22.6. The average molecular weight is 574 g/mol. The van der Waals surface area contributed by atoms with Crippen LogP contribution in [0.5, 0.6) is 0 Å². The lowest BCUT2D eigenvalue weighted by molar-refractivity contribution is -0.120. The van der Waals surface area contributed by atoms with E-state index < -0.39 is 15.1 Å². The van der Waals surface area contributed by atoms with Gasteiger partial charge in [-0.2, -0.15) is 5.10 Å². The van der Waals surface area contributed by atoms with Gasteiger partial charge < -0.3 is 15.1 Å². The molecule has 38 heavy (non-hydrogen) atoms. The van der Waals surface area contributed by atoms with E-state index in [2.05, 4.69) is 15.5 Å². The first kappa shape index (κ1) is 26.4. The number of hydrogen-bond donors (Lipinski definition) is 1. The van der Waals surface area contributed by atoms with Crippen LogP contribution in [0.1, 0.15) is 23.2 Å². The zero-order chi connectivity index (χ0) is 26.9. The largest absolute Gasteiger partial charge is 0.353 e. The fourth-order valence-corrected chi connectivity index (χ4v) is 6.88. The van der Waals surface area contributed by atoms with E-state index in [9.17, 15) is 18.0 Å². The molecule has 12 heteroatoms. The minimum absolute atomic E-state index is 0.126. The molecular weight excluding hydrogens is 549 g/mol. The summed E-state index contributed by atoms with van der Waals surface area (Å²) < 4.78 is 26.5. The number of nitrogens with one attached hydrogen (secondary N) is 1. The third-order valence-electron chi connectivity index (χ3n) is 6.91. The highest BCUT2D eigenvalue weighted by Crippen LogP contribution is 2.29. The van der Waals surface area contributed by atoms with Crippen LogP contribution >= 0.6 is 23.2 Å². The van der Waals surface area contributed by atoms with Crippen molar-refractivity contribution in [3.63, 3.8) is 0 Å². The van der Waals surface area contributed by atoms with Crippen LogP contribution in [0.25, 0.3) is 0 Å². The van der Waals surface area contributed by atoms with Gasteiger partial charge in [-0.05, 0) is 67.4 Å². The Bertz CT molecular complexity index is 1440. The monoisotopic (exact) mass is 573 g/mol. The molecule has 0 spiro atoms. The lowest BCUT2D eigenvalue weighted by Gasteiger charge is -2.38. The summed E-state index contributed by atoms with van der Waals surface area (Å²) in [5.74, 6) is 0.179. The normalized spacial score (nSPS) is 16.7. The summed E-state index contributed by atoms with van der Waals surface area (Å²) in [6.07, 6.45) is 2.24. The number of piperidine rings is 1. The second-order valence-electron chi connectivity index (χ2n) is 9.36. The van der Waals surface area contributed by atoms with Crippen molar-refractivity contribution in [2.45, 2.75) is 23.0 Å². The van der Waals surface area contributed by atoms with Crippen molar-refractivity contribution in [1.82, 2.24) is 15.1 Å². The fourth-order valence-electron chi connectivity index (χ4n) is 4.66. The molecule has 198 valence electrons. The van der Waals surface area contributed by atoms with Crippen LogP contribution < -0.4 is 10.2 Å². The fraction of sp³-hybridized carbons (Fsp3) is 0.308. The first-order valence-corrected chi connectivity index (χ1v) is 14.4. The molecule has 1 N–H and O–H groups in total. The van der Waals surface area contributed by atoms with Crippen molar-refractivity contribution in [2.75, 3.05) is 36.4 Å². The summed E-state index contributed by atoms with van der Waals surface area (Å²) in [4.78, 5) is 29.2. The second-order valence-corrected chi connectivity index (χ2v) is 12.4. The first-order chi connectivity index (χ1) is 18.2. The highest BCUT2D eigenvalue weighted by Gasteiger charge is 2.35. The predicted octanol–water partition coefficient (Wildman–Crippen LogP) is 3.94. The highest BCUT2D eigenvalue weighted by molar-refractivity contribution is 7.92. The Morgan fingerprint density at radius 2 is 1.68 bits per heavy atom. The molecule has 0 atom stereocenters. The van der Waals surface area contributed by atoms with Crippen LogP contribution in [0.4, 0.5) is 11.5 Å². The maximum atomic E-state index is 13.3. The van der Waals surface area contributed by atoms with E-state index in [0.29, 0.717) is 55.3 Å². The molecule has 2 fully saturated rings. The van der Waals surface area contributed by atoms with Crippen LogP contribution in [0.3, 0.4) is 0 Å². The lowest BCUT2D eigenvalue weighted by Crippen LogP contribution is -2.52. The SMILES string of the molecule is O=C(Nc1ccc(S(=O)(=O)C2CCN(C(=O)c3ccc(Cl)cc3Cl)CC2)cc1)C1CN(c2cccnn2)C1. The van der Waals surface area contributed by atoms with Gasteiger partial charge in [0.15, 0.2) is 15.7 Å². The van der Waals surface area contributed by atoms with Gasteiger partial charge in [0.05, 0.1) is 26.6 Å². The van der Waals surface area contributed by atoms with Crippen molar-refractivity contribution in [3.8, 4) is 0 Å². The Morgan fingerprint density at radius 1 is 0.974 bits per heavy atom. The van der Waals surface area contributed by atoms with Gasteiger partial charge in [-0.1, -0.05) is 23.2 Å². The van der Waals surface area contributed by atoms with Crippen LogP contribution in [0, 0.1) is 5.92 Å². The molecule has 0 saturated carbocycles. The Kier molecular flexibility index (Phi) is 7.56. The molecule has 2 amide bonds. The Hall–Kier alpha value is -3.21. The number of hydrogen-bond acceptors (Lipinski definition) is 7. The highest BCUT2D eigenvalue weighted by atomic mass is 35.5. The number of benzene rings is 2. The number of sulfone groups is 1. The number of carbonyl (C=O) groups excluding carboxylic acids is 2. The number of rotatable bonds is 6. The molecule has 3 aromatic rings. The standard InChI is InChI=1S/C26H25Cl2N5O4S/c27-18-3-8-22(23(28)14-18)26(35)32-12-9-21(10-13-32)38(36,37)20-6-4-19(5-7-20)30-25(34)17-15-33(16-17)24-2-1-11-29-31-24/h1-8,11,14,17,21H,9-10,12-13,15-16H2,(H,30,34). The Morgan fingerprint density at radius 3 is 2.32 bits per heavy atom. The van der Waals surface area contributed by atoms with Crippen molar-refractivity contribution in [2.24, 2.45) is 5.92 Å². The lowest BCUT2D eigenvalue weighted by atomic mass is 9.99. The molecule has 5 rings (SSSR count). The molecule has 1 aromatic heterocycles. The summed E-state index contributed by atoms with van der Waals surface area (Å²) in [6, 6.07) is 14.6. The van der Waals surface area contributed by atoms with Gasteiger partial charge in [0.25, 0.3) is 5.91 Å². The first-order valence-electron chi connectivity index (χ1n) is 12.1. The Labute approximate surface area is 230 Å². The molecule has 0 radical (unpaired) electrons. The van der Waals surface area contributed by atoms with Crippen molar-refractivity contribution < 1.29 is 18.0 Å². The number of aromatic nitrogens is 2. The van der Waals surface area contributed by atoms with Crippen LogP contribution in [-0.2, 0) is 14.6 Å². The molecule has 2 aliphatic rings. The summed E-state index contributed by atoms with van der Waals surface area (Å²) in [5.41, 5.74) is 0.880. The molecule has 0 bridgehead atoms. The molecule has 2 saturated heterocycles. The van der Waals surface area contributed by atoms with Crippen LogP contribution in [-0.4, -0.2) is 66.8 Å². The number of anilines is 2. The van der Waals surface area contributed by atoms with Gasteiger partial charge in [-0.15, -0.1) is 5.10 Å².